The number of carbonyl (C=O) groups excluding carboxylic acids is 1. The summed E-state index contributed by atoms with van der Waals surface area (Å²) in [6.45, 7) is 6.10. The van der Waals surface area contributed by atoms with Crippen LogP contribution in [0.2, 0.25) is 0 Å². The third-order valence-electron chi connectivity index (χ3n) is 5.28. The number of nitrogens with zero attached hydrogens (tertiary/aromatic N) is 2. The van der Waals surface area contributed by atoms with Gasteiger partial charge in [0.25, 0.3) is 0 Å². The van der Waals surface area contributed by atoms with E-state index in [1.54, 1.807) is 11.3 Å². The monoisotopic (exact) mass is 305 g/mol. The molecule has 114 valence electrons. The Morgan fingerprint density at radius 2 is 2.43 bits per heavy atom. The van der Waals surface area contributed by atoms with Gasteiger partial charge in [-0.1, -0.05) is 0 Å². The van der Waals surface area contributed by atoms with Crippen LogP contribution >= 0.6 is 11.3 Å². The molecule has 2 atom stereocenters. The van der Waals surface area contributed by atoms with Crippen molar-refractivity contribution in [2.45, 2.75) is 39.2 Å². The molecule has 1 saturated heterocycles. The van der Waals surface area contributed by atoms with Crippen LogP contribution in [0.15, 0.2) is 5.38 Å². The van der Waals surface area contributed by atoms with Gasteiger partial charge in [0.1, 0.15) is 0 Å². The molecule has 1 spiro atoms. The molecular formula is C16H23N3OS. The number of rotatable bonds is 5. The van der Waals surface area contributed by atoms with Gasteiger partial charge in [0.15, 0.2) is 0 Å². The molecule has 4 nitrogen and oxygen atoms in total. The molecule has 2 saturated carbocycles. The van der Waals surface area contributed by atoms with Crippen molar-refractivity contribution in [2.24, 2.45) is 17.3 Å². The van der Waals surface area contributed by atoms with Crippen LogP contribution in [-0.4, -0.2) is 35.4 Å². The summed E-state index contributed by atoms with van der Waals surface area (Å²) in [6.07, 6.45) is 4.88. The van der Waals surface area contributed by atoms with Gasteiger partial charge >= 0.3 is 0 Å². The fourth-order valence-corrected chi connectivity index (χ4v) is 4.29. The first-order valence-corrected chi connectivity index (χ1v) is 8.94. The summed E-state index contributed by atoms with van der Waals surface area (Å²) in [4.78, 5) is 19.3. The lowest BCUT2D eigenvalue weighted by molar-refractivity contribution is -0.123. The fourth-order valence-electron chi connectivity index (χ4n) is 3.69. The minimum Gasteiger partial charge on any atom is -0.356 e. The zero-order chi connectivity index (χ0) is 14.4. The smallest absolute Gasteiger partial charge is 0.223 e. The molecule has 3 fully saturated rings. The van der Waals surface area contributed by atoms with Crippen molar-refractivity contribution < 1.29 is 4.79 Å². The Bertz CT molecular complexity index is 553. The first-order chi connectivity index (χ1) is 10.1. The lowest BCUT2D eigenvalue weighted by Gasteiger charge is -2.14. The first-order valence-electron chi connectivity index (χ1n) is 8.06. The Balaban J connectivity index is 1.29. The number of carbonyl (C=O) groups is 1. The summed E-state index contributed by atoms with van der Waals surface area (Å²) < 4.78 is 0. The van der Waals surface area contributed by atoms with E-state index in [0.29, 0.717) is 11.3 Å². The molecule has 0 bridgehead atoms. The lowest BCUT2D eigenvalue weighted by atomic mass is 10.0. The molecule has 5 heteroatoms. The largest absolute Gasteiger partial charge is 0.356 e. The molecule has 2 aliphatic carbocycles. The molecule has 1 N–H and O–H groups in total. The van der Waals surface area contributed by atoms with Gasteiger partial charge in [0, 0.05) is 30.9 Å². The SMILES string of the molecule is Cc1nc(CN2CC[C@@]3(C[C@H]3C(=O)NCC3CC3)C2)cs1. The van der Waals surface area contributed by atoms with Crippen LogP contribution in [0.3, 0.4) is 0 Å². The second-order valence-electron chi connectivity index (χ2n) is 7.13. The number of likely N-dealkylation sites (tertiary alicyclic amines) is 1. The number of nitrogens with one attached hydrogen (secondary N) is 1. The van der Waals surface area contributed by atoms with Crippen LogP contribution in [0.4, 0.5) is 0 Å². The molecule has 1 aromatic heterocycles. The summed E-state index contributed by atoms with van der Waals surface area (Å²) in [5.41, 5.74) is 1.48. The standard InChI is InChI=1S/C16H23N3OS/c1-11-18-13(9-21-11)8-19-5-4-16(10-19)6-14(16)15(20)17-7-12-2-3-12/h9,12,14H,2-8,10H2,1H3,(H,17,20)/t14-,16+/m0/s1. The normalized spacial score (nSPS) is 31.8. The zero-order valence-electron chi connectivity index (χ0n) is 12.6. The molecular weight excluding hydrogens is 282 g/mol. The van der Waals surface area contributed by atoms with Crippen molar-refractivity contribution in [3.05, 3.63) is 16.1 Å². The summed E-state index contributed by atoms with van der Waals surface area (Å²) >= 11 is 1.72. The van der Waals surface area contributed by atoms with Crippen molar-refractivity contribution in [1.29, 1.82) is 0 Å². The van der Waals surface area contributed by atoms with Crippen LogP contribution in [0.5, 0.6) is 0 Å². The number of hydrogen-bond acceptors (Lipinski definition) is 4. The highest BCUT2D eigenvalue weighted by Crippen LogP contribution is 2.58. The van der Waals surface area contributed by atoms with Crippen molar-refractivity contribution >= 4 is 17.2 Å². The summed E-state index contributed by atoms with van der Waals surface area (Å²) in [6, 6.07) is 0. The van der Waals surface area contributed by atoms with E-state index in [1.165, 1.54) is 25.0 Å². The third kappa shape index (κ3) is 2.86. The van der Waals surface area contributed by atoms with E-state index in [-0.39, 0.29) is 5.92 Å². The molecule has 21 heavy (non-hydrogen) atoms. The van der Waals surface area contributed by atoms with Crippen molar-refractivity contribution in [3.8, 4) is 0 Å². The molecule has 1 amide bonds. The van der Waals surface area contributed by atoms with Crippen molar-refractivity contribution in [3.63, 3.8) is 0 Å². The quantitative estimate of drug-likeness (QED) is 0.907. The van der Waals surface area contributed by atoms with Crippen LogP contribution < -0.4 is 5.32 Å². The predicted molar refractivity (Wildman–Crippen MR) is 83.0 cm³/mol. The Hall–Kier alpha value is -0.940. The molecule has 2 heterocycles. The maximum absolute atomic E-state index is 12.2. The second-order valence-corrected chi connectivity index (χ2v) is 8.19. The highest BCUT2D eigenvalue weighted by molar-refractivity contribution is 7.09. The van der Waals surface area contributed by atoms with E-state index in [4.69, 9.17) is 0 Å². The average Bonchev–Trinajstić information content (AvgIpc) is 3.32. The van der Waals surface area contributed by atoms with E-state index < -0.39 is 0 Å². The third-order valence-corrected chi connectivity index (χ3v) is 6.11. The summed E-state index contributed by atoms with van der Waals surface area (Å²) in [7, 11) is 0. The van der Waals surface area contributed by atoms with Gasteiger partial charge in [-0.25, -0.2) is 4.98 Å². The van der Waals surface area contributed by atoms with E-state index in [0.717, 1.165) is 43.5 Å². The molecule has 1 aliphatic heterocycles. The summed E-state index contributed by atoms with van der Waals surface area (Å²) in [5.74, 6) is 1.36. The van der Waals surface area contributed by atoms with Crippen LogP contribution in [0.1, 0.15) is 36.4 Å². The van der Waals surface area contributed by atoms with Gasteiger partial charge in [-0.05, 0) is 50.5 Å². The minimum atomic E-state index is 0.276. The van der Waals surface area contributed by atoms with Crippen LogP contribution in [-0.2, 0) is 11.3 Å². The maximum atomic E-state index is 12.2. The van der Waals surface area contributed by atoms with E-state index in [1.807, 2.05) is 0 Å². The molecule has 3 aliphatic rings. The zero-order valence-corrected chi connectivity index (χ0v) is 13.4. The Kier molecular flexibility index (Phi) is 3.30. The van der Waals surface area contributed by atoms with E-state index in [2.05, 4.69) is 27.5 Å². The van der Waals surface area contributed by atoms with Gasteiger partial charge in [0.05, 0.1) is 10.7 Å². The maximum Gasteiger partial charge on any atom is 0.223 e. The molecule has 0 radical (unpaired) electrons. The first kappa shape index (κ1) is 13.7. The van der Waals surface area contributed by atoms with Crippen molar-refractivity contribution in [1.82, 2.24) is 15.2 Å². The number of aryl methyl sites for hydroxylation is 1. The molecule has 0 unspecified atom stereocenters. The van der Waals surface area contributed by atoms with Gasteiger partial charge in [-0.2, -0.15) is 0 Å². The Labute approximate surface area is 129 Å². The highest BCUT2D eigenvalue weighted by atomic mass is 32.1. The molecule has 1 aromatic rings. The number of aromatic nitrogens is 1. The van der Waals surface area contributed by atoms with Gasteiger partial charge in [-0.15, -0.1) is 11.3 Å². The highest BCUT2D eigenvalue weighted by Gasteiger charge is 2.60. The van der Waals surface area contributed by atoms with Gasteiger partial charge in [-0.3, -0.25) is 9.69 Å². The van der Waals surface area contributed by atoms with Crippen molar-refractivity contribution in [2.75, 3.05) is 19.6 Å². The summed E-state index contributed by atoms with van der Waals surface area (Å²) in [5, 5.41) is 6.46. The Morgan fingerprint density at radius 3 is 3.14 bits per heavy atom. The van der Waals surface area contributed by atoms with Crippen LogP contribution in [0, 0.1) is 24.2 Å². The van der Waals surface area contributed by atoms with E-state index >= 15 is 0 Å². The Morgan fingerprint density at radius 1 is 1.57 bits per heavy atom. The van der Waals surface area contributed by atoms with Gasteiger partial charge < -0.3 is 5.32 Å². The minimum absolute atomic E-state index is 0.276. The van der Waals surface area contributed by atoms with Gasteiger partial charge in [0.2, 0.25) is 5.91 Å². The topological polar surface area (TPSA) is 45.2 Å². The average molecular weight is 305 g/mol. The number of hydrogen-bond donors (Lipinski definition) is 1. The predicted octanol–water partition coefficient (Wildman–Crippen LogP) is 2.19. The molecule has 0 aromatic carbocycles. The van der Waals surface area contributed by atoms with Crippen LogP contribution in [0.25, 0.3) is 0 Å². The fraction of sp³-hybridized carbons (Fsp3) is 0.750. The number of thiazole rings is 1. The number of amides is 1. The second kappa shape index (κ2) is 5.06. The van der Waals surface area contributed by atoms with E-state index in [9.17, 15) is 4.79 Å². The molecule has 4 rings (SSSR count). The lowest BCUT2D eigenvalue weighted by Crippen LogP contribution is -2.30.